The van der Waals surface area contributed by atoms with Crippen LogP contribution in [0.5, 0.6) is 0 Å². The summed E-state index contributed by atoms with van der Waals surface area (Å²) in [6.45, 7) is 4.35. The van der Waals surface area contributed by atoms with Crippen molar-refractivity contribution in [3.63, 3.8) is 0 Å². The van der Waals surface area contributed by atoms with Crippen molar-refractivity contribution >= 4 is 29.5 Å². The maximum atomic E-state index is 11.6. The van der Waals surface area contributed by atoms with Crippen LogP contribution in [0.1, 0.15) is 30.3 Å². The summed E-state index contributed by atoms with van der Waals surface area (Å²) in [6.07, 6.45) is 1.34. The second-order valence-corrected chi connectivity index (χ2v) is 5.71. The van der Waals surface area contributed by atoms with Crippen molar-refractivity contribution in [1.29, 1.82) is 0 Å². The number of aryl methyl sites for hydroxylation is 1. The molecule has 0 fully saturated rings. The Morgan fingerprint density at radius 1 is 1.65 bits per heavy atom. The van der Waals surface area contributed by atoms with Crippen LogP contribution in [0, 0.1) is 10.9 Å². The molecule has 4 nitrogen and oxygen atoms in total. The molecule has 1 aromatic rings. The maximum Gasteiger partial charge on any atom is 0.225 e. The van der Waals surface area contributed by atoms with E-state index < -0.39 is 0 Å². The lowest BCUT2D eigenvalue weighted by Crippen LogP contribution is -2.28. The van der Waals surface area contributed by atoms with Gasteiger partial charge in [0.25, 0.3) is 0 Å². The molecule has 1 heterocycles. The van der Waals surface area contributed by atoms with Gasteiger partial charge in [-0.1, -0.05) is 6.92 Å². The van der Waals surface area contributed by atoms with Crippen LogP contribution in [0.2, 0.25) is 0 Å². The van der Waals surface area contributed by atoms with Gasteiger partial charge in [0.2, 0.25) is 5.91 Å². The molecule has 0 aliphatic carbocycles. The molecule has 0 aliphatic rings. The highest BCUT2D eigenvalue weighted by atomic mass is 32.1. The van der Waals surface area contributed by atoms with Gasteiger partial charge >= 0.3 is 0 Å². The maximum absolute atomic E-state index is 11.6. The Morgan fingerprint density at radius 3 is 2.88 bits per heavy atom. The second-order valence-electron chi connectivity index (χ2n) is 3.94. The predicted molar refractivity (Wildman–Crippen MR) is 71.9 cm³/mol. The van der Waals surface area contributed by atoms with Gasteiger partial charge in [-0.3, -0.25) is 4.79 Å². The van der Waals surface area contributed by atoms with Crippen LogP contribution in [-0.2, 0) is 11.2 Å². The Bertz CT molecular complexity index is 425. The van der Waals surface area contributed by atoms with E-state index in [2.05, 4.69) is 10.3 Å². The quantitative estimate of drug-likeness (QED) is 0.695. The highest BCUT2D eigenvalue weighted by molar-refractivity contribution is 7.73. The number of nitrogens with one attached hydrogen (secondary N) is 2. The molecular formula is C11H18N2O2S2. The minimum Gasteiger partial charge on any atom is -0.393 e. The van der Waals surface area contributed by atoms with Crippen LogP contribution in [0.25, 0.3) is 0 Å². The summed E-state index contributed by atoms with van der Waals surface area (Å²) < 4.78 is 0.701. The number of aromatic amines is 1. The molecule has 3 N–H and O–H groups in total. The number of H-pyrrole nitrogens is 1. The SMILES string of the molecule is CCC(O)CCNC(=O)Cc1sc(=S)[nH]c1C. The molecule has 0 saturated carbocycles. The predicted octanol–water partition coefficient (Wildman–Crippen LogP) is 1.93. The lowest BCUT2D eigenvalue weighted by molar-refractivity contribution is -0.120. The standard InChI is InChI=1S/C11H18N2O2S2/c1-3-8(14)4-5-12-10(15)6-9-7(2)13-11(16)17-9/h8,14H,3-6H2,1-2H3,(H,12,15)(H,13,16). The fourth-order valence-electron chi connectivity index (χ4n) is 1.40. The first-order chi connectivity index (χ1) is 8.02. The van der Waals surface area contributed by atoms with Gasteiger partial charge in [-0.2, -0.15) is 0 Å². The first-order valence-corrected chi connectivity index (χ1v) is 6.88. The van der Waals surface area contributed by atoms with E-state index in [4.69, 9.17) is 12.2 Å². The van der Waals surface area contributed by atoms with Crippen LogP contribution < -0.4 is 5.32 Å². The van der Waals surface area contributed by atoms with Crippen LogP contribution in [0.15, 0.2) is 0 Å². The average molecular weight is 274 g/mol. The van der Waals surface area contributed by atoms with Gasteiger partial charge in [-0.15, -0.1) is 11.3 Å². The summed E-state index contributed by atoms with van der Waals surface area (Å²) >= 11 is 6.44. The highest BCUT2D eigenvalue weighted by Crippen LogP contribution is 2.14. The second kappa shape index (κ2) is 6.88. The number of aliphatic hydroxyl groups is 1. The number of carbonyl (C=O) groups excluding carboxylic acids is 1. The first-order valence-electron chi connectivity index (χ1n) is 5.66. The van der Waals surface area contributed by atoms with Crippen LogP contribution >= 0.6 is 23.6 Å². The Labute approximate surface area is 110 Å². The molecule has 1 aromatic heterocycles. The number of aromatic nitrogens is 1. The summed E-state index contributed by atoms with van der Waals surface area (Å²) in [4.78, 5) is 15.6. The molecule has 0 aromatic carbocycles. The fourth-order valence-corrected chi connectivity index (χ4v) is 2.69. The molecule has 96 valence electrons. The van der Waals surface area contributed by atoms with Gasteiger partial charge in [-0.05, 0) is 32.0 Å². The Hall–Kier alpha value is -0.720. The lowest BCUT2D eigenvalue weighted by Gasteiger charge is -2.08. The van der Waals surface area contributed by atoms with Gasteiger partial charge in [0, 0.05) is 17.1 Å². The van der Waals surface area contributed by atoms with E-state index in [1.54, 1.807) is 0 Å². The third-order valence-corrected chi connectivity index (χ3v) is 3.85. The first kappa shape index (κ1) is 14.3. The number of aliphatic hydroxyl groups excluding tert-OH is 1. The van der Waals surface area contributed by atoms with Gasteiger partial charge in [-0.25, -0.2) is 0 Å². The number of hydrogen-bond acceptors (Lipinski definition) is 4. The molecule has 0 spiro atoms. The zero-order valence-electron chi connectivity index (χ0n) is 10.1. The molecule has 1 amide bonds. The van der Waals surface area contributed by atoms with Gasteiger partial charge in [0.1, 0.15) is 0 Å². The van der Waals surface area contributed by atoms with Crippen molar-refractivity contribution in [1.82, 2.24) is 10.3 Å². The molecule has 1 rings (SSSR count). The molecular weight excluding hydrogens is 256 g/mol. The van der Waals surface area contributed by atoms with Gasteiger partial charge in [0.05, 0.1) is 12.5 Å². The Morgan fingerprint density at radius 2 is 2.35 bits per heavy atom. The topological polar surface area (TPSA) is 65.1 Å². The minimum atomic E-state index is -0.327. The Balaban J connectivity index is 2.35. The van der Waals surface area contributed by atoms with Crippen molar-refractivity contribution in [2.75, 3.05) is 6.54 Å². The normalized spacial score (nSPS) is 12.4. The summed E-state index contributed by atoms with van der Waals surface area (Å²) in [5.74, 6) is -0.0262. The van der Waals surface area contributed by atoms with Gasteiger partial charge in [0.15, 0.2) is 3.95 Å². The number of rotatable bonds is 6. The van der Waals surface area contributed by atoms with E-state index in [0.717, 1.165) is 10.6 Å². The zero-order valence-corrected chi connectivity index (χ0v) is 11.7. The minimum absolute atomic E-state index is 0.0262. The number of hydrogen-bond donors (Lipinski definition) is 3. The van der Waals surface area contributed by atoms with Crippen molar-refractivity contribution in [2.45, 2.75) is 39.2 Å². The highest BCUT2D eigenvalue weighted by Gasteiger charge is 2.08. The third kappa shape index (κ3) is 4.97. The molecule has 17 heavy (non-hydrogen) atoms. The molecule has 0 saturated heterocycles. The van der Waals surface area contributed by atoms with Gasteiger partial charge < -0.3 is 15.4 Å². The molecule has 0 radical (unpaired) electrons. The summed E-state index contributed by atoms with van der Waals surface area (Å²) in [6, 6.07) is 0. The van der Waals surface area contributed by atoms with E-state index >= 15 is 0 Å². The van der Waals surface area contributed by atoms with Crippen LogP contribution in [-0.4, -0.2) is 28.6 Å². The number of thiazole rings is 1. The zero-order chi connectivity index (χ0) is 12.8. The van der Waals surface area contributed by atoms with E-state index in [9.17, 15) is 9.90 Å². The summed E-state index contributed by atoms with van der Waals surface area (Å²) in [7, 11) is 0. The molecule has 1 unspecified atom stereocenters. The van der Waals surface area contributed by atoms with Crippen LogP contribution in [0.4, 0.5) is 0 Å². The number of carbonyl (C=O) groups is 1. The monoisotopic (exact) mass is 274 g/mol. The van der Waals surface area contributed by atoms with Crippen molar-refractivity contribution in [3.05, 3.63) is 14.5 Å². The molecule has 0 aliphatic heterocycles. The van der Waals surface area contributed by atoms with Crippen molar-refractivity contribution in [3.8, 4) is 0 Å². The van der Waals surface area contributed by atoms with Crippen LogP contribution in [0.3, 0.4) is 0 Å². The van der Waals surface area contributed by atoms with Crippen molar-refractivity contribution < 1.29 is 9.90 Å². The largest absolute Gasteiger partial charge is 0.393 e. The van der Waals surface area contributed by atoms with Crippen molar-refractivity contribution in [2.24, 2.45) is 0 Å². The fraction of sp³-hybridized carbons (Fsp3) is 0.636. The van der Waals surface area contributed by atoms with E-state index in [-0.39, 0.29) is 12.0 Å². The van der Waals surface area contributed by atoms with E-state index in [0.29, 0.717) is 29.8 Å². The molecule has 1 atom stereocenters. The third-order valence-electron chi connectivity index (χ3n) is 2.52. The van der Waals surface area contributed by atoms with E-state index in [1.807, 2.05) is 13.8 Å². The average Bonchev–Trinajstić information content (AvgIpc) is 2.57. The smallest absolute Gasteiger partial charge is 0.225 e. The molecule has 6 heteroatoms. The summed E-state index contributed by atoms with van der Waals surface area (Å²) in [5, 5.41) is 12.1. The Kier molecular flexibility index (Phi) is 5.80. The summed E-state index contributed by atoms with van der Waals surface area (Å²) in [5.41, 5.74) is 0.962. The number of amides is 1. The lowest BCUT2D eigenvalue weighted by atomic mass is 10.2. The molecule has 0 bridgehead atoms. The van der Waals surface area contributed by atoms with E-state index in [1.165, 1.54) is 11.3 Å².